The average molecular weight is 597 g/mol. The fourth-order valence-corrected chi connectivity index (χ4v) is 5.73. The maximum absolute atomic E-state index is 13.7. The van der Waals surface area contributed by atoms with Crippen LogP contribution in [0.4, 0.5) is 4.39 Å². The van der Waals surface area contributed by atoms with Gasteiger partial charge >= 0.3 is 5.97 Å². The lowest BCUT2D eigenvalue weighted by molar-refractivity contribution is -0.139. The molecule has 2 heterocycles. The molecule has 0 saturated carbocycles. The largest absolute Gasteiger partial charge is 0.489 e. The summed E-state index contributed by atoms with van der Waals surface area (Å²) in [5, 5.41) is 0.946. The molecule has 0 N–H and O–H groups in total. The van der Waals surface area contributed by atoms with Crippen LogP contribution in [0.1, 0.15) is 36.6 Å². The number of carbonyl (C=O) groups is 1. The number of carbonyl (C=O) groups excluding carboxylic acids is 1. The molecular formula is C30H23Cl2FN2O4S. The number of nitrogens with zero attached hydrogens (tertiary/aromatic N) is 2. The summed E-state index contributed by atoms with van der Waals surface area (Å²) in [6.07, 6.45) is 1.76. The van der Waals surface area contributed by atoms with E-state index in [0.29, 0.717) is 43.0 Å². The first kappa shape index (κ1) is 27.8. The zero-order valence-electron chi connectivity index (χ0n) is 21.5. The minimum atomic E-state index is -0.796. The van der Waals surface area contributed by atoms with Gasteiger partial charge in [0.25, 0.3) is 5.56 Å². The smallest absolute Gasteiger partial charge is 0.338 e. The molecule has 1 atom stereocenters. The molecule has 0 unspecified atom stereocenters. The predicted octanol–water partition coefficient (Wildman–Crippen LogP) is 5.82. The van der Waals surface area contributed by atoms with Crippen molar-refractivity contribution < 1.29 is 18.7 Å². The van der Waals surface area contributed by atoms with Crippen LogP contribution >= 0.6 is 34.5 Å². The van der Waals surface area contributed by atoms with Crippen LogP contribution in [0.25, 0.3) is 6.08 Å². The van der Waals surface area contributed by atoms with E-state index in [-0.39, 0.29) is 17.7 Å². The van der Waals surface area contributed by atoms with E-state index in [1.54, 1.807) is 44.2 Å². The Hall–Kier alpha value is -3.72. The summed E-state index contributed by atoms with van der Waals surface area (Å²) in [5.41, 5.74) is 2.63. The third-order valence-corrected chi connectivity index (χ3v) is 7.99. The number of aromatic nitrogens is 1. The van der Waals surface area contributed by atoms with Crippen LogP contribution in [0.3, 0.4) is 0 Å². The Morgan fingerprint density at radius 3 is 2.48 bits per heavy atom. The van der Waals surface area contributed by atoms with E-state index >= 15 is 0 Å². The van der Waals surface area contributed by atoms with Crippen molar-refractivity contribution in [2.75, 3.05) is 6.61 Å². The lowest BCUT2D eigenvalue weighted by atomic mass is 9.96. The maximum atomic E-state index is 13.7. The van der Waals surface area contributed by atoms with Crippen molar-refractivity contribution in [1.82, 2.24) is 4.57 Å². The Morgan fingerprint density at radius 2 is 1.80 bits per heavy atom. The molecule has 5 rings (SSSR count). The molecule has 1 aliphatic rings. The number of thiazole rings is 1. The summed E-state index contributed by atoms with van der Waals surface area (Å²) in [4.78, 5) is 31.6. The van der Waals surface area contributed by atoms with Crippen molar-refractivity contribution in [1.29, 1.82) is 0 Å². The first-order valence-electron chi connectivity index (χ1n) is 12.4. The maximum Gasteiger partial charge on any atom is 0.338 e. The number of fused-ring (bicyclic) bond motifs is 1. The fraction of sp³-hybridized carbons (Fsp3) is 0.167. The number of ether oxygens (including phenoxy) is 2. The Balaban J connectivity index is 1.47. The number of hydrogen-bond donors (Lipinski definition) is 0. The number of hydrogen-bond acceptors (Lipinski definition) is 6. The molecule has 3 aromatic carbocycles. The van der Waals surface area contributed by atoms with Crippen LogP contribution in [0.15, 0.2) is 87.8 Å². The Bertz CT molecular complexity index is 1800. The Kier molecular flexibility index (Phi) is 8.21. The van der Waals surface area contributed by atoms with Gasteiger partial charge < -0.3 is 9.47 Å². The molecule has 0 bridgehead atoms. The van der Waals surface area contributed by atoms with Crippen molar-refractivity contribution in [2.24, 2.45) is 4.99 Å². The summed E-state index contributed by atoms with van der Waals surface area (Å²) in [5.74, 6) is -0.335. The molecule has 0 saturated heterocycles. The topological polar surface area (TPSA) is 69.9 Å². The third kappa shape index (κ3) is 5.75. The van der Waals surface area contributed by atoms with Crippen LogP contribution in [-0.4, -0.2) is 17.1 Å². The van der Waals surface area contributed by atoms with Gasteiger partial charge in [-0.15, -0.1) is 0 Å². The molecule has 40 heavy (non-hydrogen) atoms. The summed E-state index contributed by atoms with van der Waals surface area (Å²) >= 11 is 13.3. The lowest BCUT2D eigenvalue weighted by Gasteiger charge is -2.24. The van der Waals surface area contributed by atoms with E-state index in [9.17, 15) is 14.0 Å². The normalized spacial score (nSPS) is 15.0. The zero-order chi connectivity index (χ0) is 28.4. The van der Waals surface area contributed by atoms with Crippen molar-refractivity contribution in [3.8, 4) is 5.75 Å². The summed E-state index contributed by atoms with van der Waals surface area (Å²) < 4.78 is 26.7. The van der Waals surface area contributed by atoms with E-state index in [1.165, 1.54) is 28.0 Å². The second-order valence-electron chi connectivity index (χ2n) is 8.96. The third-order valence-electron chi connectivity index (χ3n) is 6.27. The van der Waals surface area contributed by atoms with Gasteiger partial charge in [0.2, 0.25) is 0 Å². The monoisotopic (exact) mass is 596 g/mol. The zero-order valence-corrected chi connectivity index (χ0v) is 23.8. The molecule has 10 heteroatoms. The number of esters is 1. The highest BCUT2D eigenvalue weighted by atomic mass is 35.5. The summed E-state index contributed by atoms with van der Waals surface area (Å²) in [6, 6.07) is 17.6. The first-order valence-corrected chi connectivity index (χ1v) is 13.9. The van der Waals surface area contributed by atoms with E-state index < -0.39 is 17.8 Å². The van der Waals surface area contributed by atoms with Crippen molar-refractivity contribution in [2.45, 2.75) is 26.5 Å². The molecule has 0 aliphatic carbocycles. The number of allylic oxidation sites excluding steroid dienone is 1. The van der Waals surface area contributed by atoms with Gasteiger partial charge in [0.1, 0.15) is 18.2 Å². The highest BCUT2D eigenvalue weighted by Crippen LogP contribution is 2.31. The second-order valence-corrected chi connectivity index (χ2v) is 10.8. The van der Waals surface area contributed by atoms with Gasteiger partial charge in [0.05, 0.1) is 38.5 Å². The van der Waals surface area contributed by atoms with Gasteiger partial charge in [-0.25, -0.2) is 14.2 Å². The summed E-state index contributed by atoms with van der Waals surface area (Å²) in [6.45, 7) is 3.90. The van der Waals surface area contributed by atoms with Crippen LogP contribution in [0.2, 0.25) is 10.0 Å². The SMILES string of the molecule is CCOC(=O)C1=C(C)N=c2s/c(=C/c3ccc(OCc4ccc(Cl)c(Cl)c4)cc3)c(=O)n2[C@H]1c1ccc(F)cc1. The lowest BCUT2D eigenvalue weighted by Crippen LogP contribution is -2.39. The van der Waals surface area contributed by atoms with Crippen LogP contribution < -0.4 is 19.6 Å². The van der Waals surface area contributed by atoms with Crippen LogP contribution in [-0.2, 0) is 16.1 Å². The van der Waals surface area contributed by atoms with Crippen molar-refractivity contribution in [3.63, 3.8) is 0 Å². The fourth-order valence-electron chi connectivity index (χ4n) is 4.36. The van der Waals surface area contributed by atoms with Gasteiger partial charge in [0, 0.05) is 0 Å². The molecule has 0 fully saturated rings. The number of rotatable bonds is 7. The van der Waals surface area contributed by atoms with Crippen molar-refractivity contribution >= 4 is 46.6 Å². The molecule has 1 aliphatic heterocycles. The minimum absolute atomic E-state index is 0.170. The molecule has 204 valence electrons. The Morgan fingerprint density at radius 1 is 1.07 bits per heavy atom. The highest BCUT2D eigenvalue weighted by molar-refractivity contribution is 7.07. The van der Waals surface area contributed by atoms with E-state index in [1.807, 2.05) is 30.3 Å². The van der Waals surface area contributed by atoms with Gasteiger partial charge in [-0.05, 0) is 73.0 Å². The molecule has 4 aromatic rings. The summed E-state index contributed by atoms with van der Waals surface area (Å²) in [7, 11) is 0. The number of halogens is 3. The molecule has 0 radical (unpaired) electrons. The quantitative estimate of drug-likeness (QED) is 0.252. The van der Waals surface area contributed by atoms with Gasteiger partial charge in [-0.3, -0.25) is 9.36 Å². The molecule has 6 nitrogen and oxygen atoms in total. The standard InChI is InChI=1S/C30H23Cl2FN2O4S/c1-3-38-29(37)26-17(2)34-30-35(27(26)20-7-9-21(33)10-8-20)28(36)25(40-30)15-18-4-11-22(12-5-18)39-16-19-6-13-23(31)24(32)14-19/h4-15,27H,3,16H2,1-2H3/b25-15+/t27-/m0/s1. The van der Waals surface area contributed by atoms with Crippen LogP contribution in [0, 0.1) is 5.82 Å². The molecule has 0 spiro atoms. The van der Waals surface area contributed by atoms with Gasteiger partial charge in [0.15, 0.2) is 4.80 Å². The van der Waals surface area contributed by atoms with Gasteiger partial charge in [-0.1, -0.05) is 64.9 Å². The van der Waals surface area contributed by atoms with Crippen LogP contribution in [0.5, 0.6) is 5.75 Å². The second kappa shape index (κ2) is 11.8. The Labute approximate surface area is 243 Å². The first-order chi connectivity index (χ1) is 19.2. The van der Waals surface area contributed by atoms with E-state index in [2.05, 4.69) is 4.99 Å². The predicted molar refractivity (Wildman–Crippen MR) is 154 cm³/mol. The van der Waals surface area contributed by atoms with E-state index in [0.717, 1.165) is 11.1 Å². The van der Waals surface area contributed by atoms with Crippen molar-refractivity contribution in [3.05, 3.63) is 130 Å². The number of benzene rings is 3. The average Bonchev–Trinajstić information content (AvgIpc) is 3.24. The highest BCUT2D eigenvalue weighted by Gasteiger charge is 2.33. The minimum Gasteiger partial charge on any atom is -0.489 e. The molecular weight excluding hydrogens is 574 g/mol. The van der Waals surface area contributed by atoms with E-state index in [4.69, 9.17) is 32.7 Å². The molecule has 0 amide bonds. The van der Waals surface area contributed by atoms with Gasteiger partial charge in [-0.2, -0.15) is 0 Å². The molecule has 1 aromatic heterocycles.